The van der Waals surface area contributed by atoms with Crippen molar-refractivity contribution in [2.45, 2.75) is 70.3 Å². The Labute approximate surface area is 191 Å². The van der Waals surface area contributed by atoms with E-state index in [9.17, 15) is 29.1 Å². The molecule has 0 saturated heterocycles. The first kappa shape index (κ1) is 29.6. The van der Waals surface area contributed by atoms with Crippen LogP contribution in [0.15, 0.2) is 0 Å². The molecule has 0 rings (SSSR count). The molecule has 184 valence electrons. The van der Waals surface area contributed by atoms with E-state index in [4.69, 9.17) is 15.9 Å². The molecule has 0 heterocycles. The van der Waals surface area contributed by atoms with Crippen molar-refractivity contribution >= 4 is 41.4 Å². The molecule has 0 fully saturated rings. The lowest BCUT2D eigenvalue weighted by molar-refractivity contribution is -0.147. The van der Waals surface area contributed by atoms with Crippen molar-refractivity contribution in [1.82, 2.24) is 16.0 Å². The van der Waals surface area contributed by atoms with Crippen LogP contribution in [0.1, 0.15) is 40.0 Å². The highest BCUT2D eigenvalue weighted by Crippen LogP contribution is 2.08. The fourth-order valence-electron chi connectivity index (χ4n) is 2.61. The number of thioether (sulfide) groups is 1. The minimum absolute atomic E-state index is 0.0146. The van der Waals surface area contributed by atoms with Crippen LogP contribution >= 0.6 is 11.8 Å². The van der Waals surface area contributed by atoms with Gasteiger partial charge in [0.05, 0.1) is 12.5 Å². The molecule has 0 aliphatic heterocycles. The monoisotopic (exact) mass is 478 g/mol. The lowest BCUT2D eigenvalue weighted by Gasteiger charge is -2.26. The van der Waals surface area contributed by atoms with Gasteiger partial charge in [-0.3, -0.25) is 19.2 Å². The smallest absolute Gasteiger partial charge is 0.326 e. The minimum Gasteiger partial charge on any atom is -0.481 e. The summed E-state index contributed by atoms with van der Waals surface area (Å²) in [5.41, 5.74) is 5.61. The van der Waals surface area contributed by atoms with Crippen molar-refractivity contribution in [2.24, 2.45) is 11.7 Å². The molecule has 0 aliphatic carbocycles. The standard InChI is InChI=1S/C19H34N4O8S/c1-9(2)7-12(22-18(29)15(20)10(3)24)17(28)21-11(5-6-32-4)16(27)23-13(19(30)31)8-14(25)26/h9-13,15,24H,5-8,20H2,1-4H3,(H,21,28)(H,22,29)(H,23,27)(H,25,26)(H,30,31). The predicted octanol–water partition coefficient (Wildman–Crippen LogP) is -1.49. The number of hydrogen-bond acceptors (Lipinski definition) is 8. The third-order valence-corrected chi connectivity index (χ3v) is 5.04. The number of nitrogens with two attached hydrogens (primary N) is 1. The van der Waals surface area contributed by atoms with E-state index < -0.39 is 66.4 Å². The van der Waals surface area contributed by atoms with Crippen LogP contribution in [0.3, 0.4) is 0 Å². The molecule has 5 atom stereocenters. The molecule has 0 bridgehead atoms. The van der Waals surface area contributed by atoms with Crippen LogP contribution in [0.2, 0.25) is 0 Å². The molecule has 0 aromatic rings. The number of amides is 3. The van der Waals surface area contributed by atoms with Gasteiger partial charge in [0.25, 0.3) is 0 Å². The van der Waals surface area contributed by atoms with Crippen LogP contribution < -0.4 is 21.7 Å². The maximum Gasteiger partial charge on any atom is 0.326 e. The number of carboxylic acids is 2. The zero-order valence-electron chi connectivity index (χ0n) is 18.7. The zero-order chi connectivity index (χ0) is 25.0. The number of nitrogens with one attached hydrogen (secondary N) is 3. The first-order valence-electron chi connectivity index (χ1n) is 10.1. The van der Waals surface area contributed by atoms with E-state index in [1.165, 1.54) is 18.7 Å². The summed E-state index contributed by atoms with van der Waals surface area (Å²) in [5, 5.41) is 34.6. The summed E-state index contributed by atoms with van der Waals surface area (Å²) in [6, 6.07) is -5.11. The number of hydrogen-bond donors (Lipinski definition) is 7. The van der Waals surface area contributed by atoms with Crippen molar-refractivity contribution in [1.29, 1.82) is 0 Å². The van der Waals surface area contributed by atoms with Gasteiger partial charge in [-0.05, 0) is 37.7 Å². The second-order valence-corrected chi connectivity index (χ2v) is 8.78. The molecule has 0 aromatic carbocycles. The van der Waals surface area contributed by atoms with Crippen LogP contribution in [-0.2, 0) is 24.0 Å². The van der Waals surface area contributed by atoms with E-state index >= 15 is 0 Å². The second-order valence-electron chi connectivity index (χ2n) is 7.80. The normalized spacial score (nSPS) is 15.7. The van der Waals surface area contributed by atoms with E-state index in [2.05, 4.69) is 16.0 Å². The molecule has 5 unspecified atom stereocenters. The van der Waals surface area contributed by atoms with Crippen molar-refractivity contribution in [3.05, 3.63) is 0 Å². The molecule has 8 N–H and O–H groups in total. The Balaban J connectivity index is 5.48. The van der Waals surface area contributed by atoms with Crippen molar-refractivity contribution in [3.8, 4) is 0 Å². The lowest BCUT2D eigenvalue weighted by atomic mass is 10.0. The van der Waals surface area contributed by atoms with Gasteiger partial charge >= 0.3 is 11.9 Å². The number of carbonyl (C=O) groups excluding carboxylic acids is 3. The second kappa shape index (κ2) is 14.6. The Hall–Kier alpha value is -2.38. The number of carboxylic acid groups (broad SMARTS) is 2. The van der Waals surface area contributed by atoms with E-state index in [1.807, 2.05) is 13.8 Å². The highest BCUT2D eigenvalue weighted by molar-refractivity contribution is 7.98. The Morgan fingerprint density at radius 1 is 0.875 bits per heavy atom. The Bertz CT molecular complexity index is 674. The number of rotatable bonds is 15. The SMILES string of the molecule is CSCCC(NC(=O)C(CC(C)C)NC(=O)C(N)C(C)O)C(=O)NC(CC(=O)O)C(=O)O. The summed E-state index contributed by atoms with van der Waals surface area (Å²) in [5.74, 6) is -4.77. The Kier molecular flexibility index (Phi) is 13.5. The zero-order valence-corrected chi connectivity index (χ0v) is 19.5. The highest BCUT2D eigenvalue weighted by atomic mass is 32.2. The Morgan fingerprint density at radius 3 is 1.81 bits per heavy atom. The number of aliphatic hydroxyl groups excluding tert-OH is 1. The average Bonchev–Trinajstić information content (AvgIpc) is 2.68. The van der Waals surface area contributed by atoms with E-state index in [1.54, 1.807) is 6.26 Å². The largest absolute Gasteiger partial charge is 0.481 e. The maximum absolute atomic E-state index is 12.9. The number of carbonyl (C=O) groups is 5. The van der Waals surface area contributed by atoms with Crippen LogP contribution in [0.25, 0.3) is 0 Å². The molecule has 0 aliphatic rings. The van der Waals surface area contributed by atoms with Crippen molar-refractivity contribution in [2.75, 3.05) is 12.0 Å². The third kappa shape index (κ3) is 11.3. The van der Waals surface area contributed by atoms with Crippen molar-refractivity contribution in [3.63, 3.8) is 0 Å². The summed E-state index contributed by atoms with van der Waals surface area (Å²) in [6.45, 7) is 4.98. The fourth-order valence-corrected chi connectivity index (χ4v) is 3.09. The Morgan fingerprint density at radius 2 is 1.38 bits per heavy atom. The summed E-state index contributed by atoms with van der Waals surface area (Å²) in [7, 11) is 0. The molecular formula is C19H34N4O8S. The van der Waals surface area contributed by atoms with Crippen LogP contribution in [-0.4, -0.2) is 87.3 Å². The lowest BCUT2D eigenvalue weighted by Crippen LogP contribution is -2.58. The molecule has 32 heavy (non-hydrogen) atoms. The summed E-state index contributed by atoms with van der Waals surface area (Å²) < 4.78 is 0. The number of aliphatic carboxylic acids is 2. The van der Waals surface area contributed by atoms with Crippen LogP contribution in [0.4, 0.5) is 0 Å². The van der Waals surface area contributed by atoms with E-state index in [0.29, 0.717) is 5.75 Å². The summed E-state index contributed by atoms with van der Waals surface area (Å²) in [4.78, 5) is 59.8. The average molecular weight is 479 g/mol. The summed E-state index contributed by atoms with van der Waals surface area (Å²) >= 11 is 1.39. The first-order valence-corrected chi connectivity index (χ1v) is 11.5. The summed E-state index contributed by atoms with van der Waals surface area (Å²) in [6.07, 6.45) is 0.180. The van der Waals surface area contributed by atoms with Gasteiger partial charge in [0, 0.05) is 0 Å². The highest BCUT2D eigenvalue weighted by Gasteiger charge is 2.31. The molecule has 12 nitrogen and oxygen atoms in total. The topological polar surface area (TPSA) is 208 Å². The van der Waals surface area contributed by atoms with Gasteiger partial charge in [0.2, 0.25) is 17.7 Å². The molecule has 0 spiro atoms. The van der Waals surface area contributed by atoms with Gasteiger partial charge in [-0.25, -0.2) is 4.79 Å². The third-order valence-electron chi connectivity index (χ3n) is 4.40. The molecule has 13 heteroatoms. The minimum atomic E-state index is -1.66. The molecule has 0 saturated carbocycles. The molecular weight excluding hydrogens is 444 g/mol. The van der Waals surface area contributed by atoms with Gasteiger partial charge in [-0.15, -0.1) is 0 Å². The van der Waals surface area contributed by atoms with Crippen molar-refractivity contribution < 1.29 is 39.3 Å². The van der Waals surface area contributed by atoms with E-state index in [-0.39, 0.29) is 18.8 Å². The van der Waals surface area contributed by atoms with Gasteiger partial charge in [0.1, 0.15) is 24.2 Å². The van der Waals surface area contributed by atoms with Gasteiger partial charge in [-0.1, -0.05) is 13.8 Å². The molecule has 0 radical (unpaired) electrons. The number of aliphatic hydroxyl groups is 1. The maximum atomic E-state index is 12.9. The van der Waals surface area contributed by atoms with Crippen LogP contribution in [0, 0.1) is 5.92 Å². The predicted molar refractivity (Wildman–Crippen MR) is 118 cm³/mol. The fraction of sp³-hybridized carbons (Fsp3) is 0.737. The van der Waals surface area contributed by atoms with Gasteiger partial charge in [-0.2, -0.15) is 11.8 Å². The van der Waals surface area contributed by atoms with Gasteiger partial charge < -0.3 is 37.0 Å². The molecule has 0 aromatic heterocycles. The van der Waals surface area contributed by atoms with Gasteiger partial charge in [0.15, 0.2) is 0 Å². The molecule has 3 amide bonds. The first-order chi connectivity index (χ1) is 14.8. The quantitative estimate of drug-likeness (QED) is 0.145. The van der Waals surface area contributed by atoms with E-state index in [0.717, 1.165) is 0 Å². The van der Waals surface area contributed by atoms with Crippen LogP contribution in [0.5, 0.6) is 0 Å².